The van der Waals surface area contributed by atoms with E-state index in [0.717, 1.165) is 12.2 Å². The van der Waals surface area contributed by atoms with Crippen LogP contribution in [0.15, 0.2) is 52.4 Å². The van der Waals surface area contributed by atoms with Crippen LogP contribution in [0.1, 0.15) is 47.1 Å². The van der Waals surface area contributed by atoms with Crippen molar-refractivity contribution in [1.29, 1.82) is 0 Å². The zero-order valence-electron chi connectivity index (χ0n) is 20.0. The summed E-state index contributed by atoms with van der Waals surface area (Å²) >= 11 is 0. The third-order valence-electron chi connectivity index (χ3n) is 4.44. The Morgan fingerprint density at radius 2 is 1.46 bits per heavy atom. The maximum atomic E-state index is 10.8. The number of hydrogen-bond acceptors (Lipinski definition) is 10. The highest BCUT2D eigenvalue weighted by Gasteiger charge is 2.28. The number of benzene rings is 2. The quantitative estimate of drug-likeness (QED) is 0.220. The van der Waals surface area contributed by atoms with Gasteiger partial charge in [0.15, 0.2) is 0 Å². The van der Waals surface area contributed by atoms with Crippen molar-refractivity contribution in [2.45, 2.75) is 33.8 Å². The molecule has 10 heteroatoms. The second-order valence-electron chi connectivity index (χ2n) is 8.22. The lowest BCUT2D eigenvalue weighted by Gasteiger charge is -2.16. The number of aliphatic imine (C=N–C) groups is 2. The zero-order valence-corrected chi connectivity index (χ0v) is 20.0. The number of cyclic esters (lactones) is 2. The Balaban J connectivity index is 0.000000251. The minimum atomic E-state index is -0.550. The second-order valence-corrected chi connectivity index (χ2v) is 8.22. The van der Waals surface area contributed by atoms with Crippen molar-refractivity contribution in [3.8, 4) is 0 Å². The number of ether oxygens (including phenoxy) is 2. The van der Waals surface area contributed by atoms with Gasteiger partial charge in [-0.1, -0.05) is 32.0 Å². The van der Waals surface area contributed by atoms with Gasteiger partial charge >= 0.3 is 11.9 Å². The smallest absolute Gasteiger partial charge is 0.346 e. The van der Waals surface area contributed by atoms with E-state index in [-0.39, 0.29) is 18.6 Å². The number of aryl methyl sites for hydroxylation is 1. The lowest BCUT2D eigenvalue weighted by Crippen LogP contribution is -2.20. The molecule has 186 valence electrons. The Morgan fingerprint density at radius 3 is 1.83 bits per heavy atom. The van der Waals surface area contributed by atoms with Gasteiger partial charge in [-0.15, -0.1) is 0 Å². The molecule has 2 N–H and O–H groups in total. The summed E-state index contributed by atoms with van der Waals surface area (Å²) in [5.74, 6) is -1.10. The van der Waals surface area contributed by atoms with Crippen molar-refractivity contribution in [3.05, 3.63) is 59.2 Å². The molecule has 1 saturated heterocycles. The number of rotatable bonds is 4. The Morgan fingerprint density at radius 1 is 0.971 bits per heavy atom. The number of esters is 2. The molecule has 2 aliphatic heterocycles. The van der Waals surface area contributed by atoms with Crippen LogP contribution in [0, 0.1) is 12.3 Å². The van der Waals surface area contributed by atoms with Crippen LogP contribution in [0.4, 0.5) is 11.4 Å². The van der Waals surface area contributed by atoms with E-state index >= 15 is 0 Å². The predicted octanol–water partition coefficient (Wildman–Crippen LogP) is 3.33. The molecular weight excluding hydrogens is 456 g/mol. The van der Waals surface area contributed by atoms with Crippen molar-refractivity contribution in [2.24, 2.45) is 15.4 Å². The van der Waals surface area contributed by atoms with Gasteiger partial charge in [0.1, 0.15) is 0 Å². The molecule has 1 fully saturated rings. The predicted molar refractivity (Wildman–Crippen MR) is 126 cm³/mol. The van der Waals surface area contributed by atoms with E-state index in [1.807, 2.05) is 0 Å². The third-order valence-corrected chi connectivity index (χ3v) is 4.44. The van der Waals surface area contributed by atoms with Gasteiger partial charge in [-0.2, -0.15) is 9.98 Å². The van der Waals surface area contributed by atoms with E-state index in [1.54, 1.807) is 57.2 Å². The summed E-state index contributed by atoms with van der Waals surface area (Å²) in [5, 5.41) is 16.9. The number of nitrogens with zero attached hydrogens (tertiary/aromatic N) is 2. The fourth-order valence-corrected chi connectivity index (χ4v) is 2.07. The van der Waals surface area contributed by atoms with Crippen LogP contribution >= 0.6 is 0 Å². The molecule has 35 heavy (non-hydrogen) atoms. The fraction of sp³-hybridized carbons (Fsp3) is 0.360. The number of fused-ring (bicyclic) bond motifs is 1. The SMILES string of the molecule is CC(C)(CO)CO.CC1CO1.Cc1ccc(N=C=O)cc1N=C=O.O=C1OC(=O)c2ccccc21. The maximum Gasteiger partial charge on any atom is 0.346 e. The van der Waals surface area contributed by atoms with Crippen molar-refractivity contribution < 1.29 is 38.9 Å². The monoisotopic (exact) mass is 484 g/mol. The topological polar surface area (TPSA) is 155 Å². The van der Waals surface area contributed by atoms with Crippen LogP contribution in [0.25, 0.3) is 0 Å². The zero-order chi connectivity index (χ0) is 26.4. The lowest BCUT2D eigenvalue weighted by atomic mass is 9.97. The highest BCUT2D eigenvalue weighted by atomic mass is 16.6. The third kappa shape index (κ3) is 10.8. The first-order chi connectivity index (χ1) is 16.6. The first kappa shape index (κ1) is 29.3. The van der Waals surface area contributed by atoms with Crippen LogP contribution in [-0.2, 0) is 19.1 Å². The van der Waals surface area contributed by atoms with E-state index < -0.39 is 11.9 Å². The summed E-state index contributed by atoms with van der Waals surface area (Å²) in [6.07, 6.45) is 3.42. The Hall–Kier alpha value is -3.78. The highest BCUT2D eigenvalue weighted by Crippen LogP contribution is 2.24. The minimum Gasteiger partial charge on any atom is -0.396 e. The first-order valence-electron chi connectivity index (χ1n) is 10.5. The molecule has 1 unspecified atom stereocenters. The Kier molecular flexibility index (Phi) is 12.1. The average molecular weight is 485 g/mol. The fourth-order valence-electron chi connectivity index (χ4n) is 2.07. The summed E-state index contributed by atoms with van der Waals surface area (Å²) in [6.45, 7) is 8.53. The molecule has 0 aromatic heterocycles. The van der Waals surface area contributed by atoms with Crippen molar-refractivity contribution in [2.75, 3.05) is 19.8 Å². The van der Waals surface area contributed by atoms with Gasteiger partial charge in [0, 0.05) is 5.41 Å². The number of carbonyl (C=O) groups excluding carboxylic acids is 4. The summed E-state index contributed by atoms with van der Waals surface area (Å²) in [5.41, 5.74) is 2.13. The van der Waals surface area contributed by atoms with Gasteiger partial charge in [0.05, 0.1) is 48.4 Å². The summed E-state index contributed by atoms with van der Waals surface area (Å²) in [6, 6.07) is 11.4. The van der Waals surface area contributed by atoms with Crippen molar-refractivity contribution in [1.82, 2.24) is 0 Å². The minimum absolute atomic E-state index is 0.0451. The molecule has 0 radical (unpaired) electrons. The largest absolute Gasteiger partial charge is 0.396 e. The van der Waals surface area contributed by atoms with Crippen molar-refractivity contribution >= 4 is 35.5 Å². The molecule has 0 amide bonds. The molecular formula is C25H28N2O8. The Bertz CT molecular complexity index is 1070. The summed E-state index contributed by atoms with van der Waals surface area (Å²) in [7, 11) is 0. The van der Waals surface area contributed by atoms with E-state index in [4.69, 9.17) is 14.9 Å². The van der Waals surface area contributed by atoms with Crippen LogP contribution < -0.4 is 0 Å². The maximum absolute atomic E-state index is 10.8. The van der Waals surface area contributed by atoms with Gasteiger partial charge < -0.3 is 19.7 Å². The summed E-state index contributed by atoms with van der Waals surface area (Å²) < 4.78 is 9.06. The molecule has 0 saturated carbocycles. The van der Waals surface area contributed by atoms with E-state index in [2.05, 4.69) is 21.6 Å². The molecule has 1 atom stereocenters. The molecule has 2 aliphatic rings. The number of aliphatic hydroxyl groups is 2. The highest BCUT2D eigenvalue weighted by molar-refractivity contribution is 6.14. The lowest BCUT2D eigenvalue weighted by molar-refractivity contribution is 0.0443. The number of isocyanates is 2. The van der Waals surface area contributed by atoms with Crippen LogP contribution in [0.5, 0.6) is 0 Å². The molecule has 2 heterocycles. The molecule has 10 nitrogen and oxygen atoms in total. The van der Waals surface area contributed by atoms with Gasteiger partial charge in [-0.05, 0) is 43.7 Å². The summed E-state index contributed by atoms with van der Waals surface area (Å²) in [4.78, 5) is 48.4. The number of epoxide rings is 1. The van der Waals surface area contributed by atoms with Crippen LogP contribution in [-0.4, -0.2) is 60.2 Å². The average Bonchev–Trinajstić information content (AvgIpc) is 3.58. The first-order valence-corrected chi connectivity index (χ1v) is 10.5. The van der Waals surface area contributed by atoms with E-state index in [1.165, 1.54) is 18.2 Å². The molecule has 0 bridgehead atoms. The number of hydrogen-bond donors (Lipinski definition) is 2. The second kappa shape index (κ2) is 14.5. The Labute approximate surface area is 202 Å². The van der Waals surface area contributed by atoms with Gasteiger partial charge in [0.2, 0.25) is 12.2 Å². The van der Waals surface area contributed by atoms with E-state index in [0.29, 0.717) is 28.6 Å². The normalized spacial score (nSPS) is 14.6. The molecule has 0 spiro atoms. The standard InChI is InChI=1S/C9H6N2O2.C8H4O3.C5H12O2.C3H6O/c1-7-2-3-8(10-5-12)4-9(7)11-6-13;9-7-5-3-1-2-4-6(5)8(10)11-7;1-5(2,3-6)4-7;1-3-2-4-3/h2-4H,1H3;1-4H;6-7H,3-4H2,1-2H3;3H,2H2,1H3. The number of carbonyl (C=O) groups is 2. The van der Waals surface area contributed by atoms with Crippen molar-refractivity contribution in [3.63, 3.8) is 0 Å². The van der Waals surface area contributed by atoms with E-state index in [9.17, 15) is 19.2 Å². The van der Waals surface area contributed by atoms with Crippen LogP contribution in [0.2, 0.25) is 0 Å². The van der Waals surface area contributed by atoms with Gasteiger partial charge in [-0.25, -0.2) is 19.2 Å². The molecule has 4 rings (SSSR count). The molecule has 2 aromatic carbocycles. The van der Waals surface area contributed by atoms with Gasteiger partial charge in [-0.3, -0.25) is 0 Å². The number of aliphatic hydroxyl groups excluding tert-OH is 2. The molecule has 2 aromatic rings. The molecule has 0 aliphatic carbocycles. The van der Waals surface area contributed by atoms with Gasteiger partial charge in [0.25, 0.3) is 0 Å². The van der Waals surface area contributed by atoms with Crippen LogP contribution in [0.3, 0.4) is 0 Å².